The van der Waals surface area contributed by atoms with E-state index in [-0.39, 0.29) is 0 Å². The molecule has 0 amide bonds. The fraction of sp³-hybridized carbons (Fsp3) is 0.0588. The SMILES string of the molecule is Oc1cc2c(cc(O)c3ccccc32)c2c1C=CC2. The van der Waals surface area contributed by atoms with Crippen molar-refractivity contribution in [2.75, 3.05) is 0 Å². The number of rotatable bonds is 0. The lowest BCUT2D eigenvalue weighted by molar-refractivity contribution is 0.474. The molecule has 0 unspecified atom stereocenters. The zero-order valence-corrected chi connectivity index (χ0v) is 10.2. The van der Waals surface area contributed by atoms with Crippen LogP contribution in [-0.4, -0.2) is 10.2 Å². The van der Waals surface area contributed by atoms with Gasteiger partial charge in [0.05, 0.1) is 0 Å². The second kappa shape index (κ2) is 3.51. The third-order valence-corrected chi connectivity index (χ3v) is 3.88. The van der Waals surface area contributed by atoms with Crippen LogP contribution in [0.5, 0.6) is 11.5 Å². The van der Waals surface area contributed by atoms with Gasteiger partial charge < -0.3 is 10.2 Å². The first-order valence-corrected chi connectivity index (χ1v) is 6.31. The molecular weight excluding hydrogens is 236 g/mol. The average Bonchev–Trinajstić information content (AvgIpc) is 2.91. The van der Waals surface area contributed by atoms with E-state index in [9.17, 15) is 10.2 Å². The van der Waals surface area contributed by atoms with E-state index in [1.807, 2.05) is 42.5 Å². The highest BCUT2D eigenvalue weighted by Crippen LogP contribution is 2.40. The summed E-state index contributed by atoms with van der Waals surface area (Å²) in [6.07, 6.45) is 4.78. The summed E-state index contributed by atoms with van der Waals surface area (Å²) < 4.78 is 0. The molecule has 3 aromatic rings. The Bertz CT molecular complexity index is 860. The fourth-order valence-corrected chi connectivity index (χ4v) is 3.00. The second-order valence-corrected chi connectivity index (χ2v) is 4.93. The summed E-state index contributed by atoms with van der Waals surface area (Å²) in [7, 11) is 0. The number of allylic oxidation sites excluding steroid dienone is 1. The molecule has 92 valence electrons. The van der Waals surface area contributed by atoms with Crippen LogP contribution < -0.4 is 0 Å². The van der Waals surface area contributed by atoms with Crippen LogP contribution >= 0.6 is 0 Å². The van der Waals surface area contributed by atoms with Gasteiger partial charge >= 0.3 is 0 Å². The predicted octanol–water partition coefficient (Wildman–Crippen LogP) is 3.97. The molecule has 3 aromatic carbocycles. The molecule has 4 rings (SSSR count). The van der Waals surface area contributed by atoms with Crippen molar-refractivity contribution < 1.29 is 10.2 Å². The summed E-state index contributed by atoms with van der Waals surface area (Å²) >= 11 is 0. The minimum atomic E-state index is 0.294. The monoisotopic (exact) mass is 248 g/mol. The first-order valence-electron chi connectivity index (χ1n) is 6.31. The van der Waals surface area contributed by atoms with Gasteiger partial charge in [0.15, 0.2) is 0 Å². The van der Waals surface area contributed by atoms with Gasteiger partial charge in [0.25, 0.3) is 0 Å². The lowest BCUT2D eigenvalue weighted by atomic mass is 9.94. The van der Waals surface area contributed by atoms with Crippen LogP contribution in [0.3, 0.4) is 0 Å². The molecule has 0 spiro atoms. The Morgan fingerprint density at radius 1 is 0.789 bits per heavy atom. The van der Waals surface area contributed by atoms with Crippen molar-refractivity contribution in [3.05, 3.63) is 53.6 Å². The van der Waals surface area contributed by atoms with E-state index < -0.39 is 0 Å². The maximum Gasteiger partial charge on any atom is 0.124 e. The molecule has 1 aliphatic rings. The van der Waals surface area contributed by atoms with Crippen LogP contribution in [0.1, 0.15) is 11.1 Å². The Morgan fingerprint density at radius 2 is 1.53 bits per heavy atom. The van der Waals surface area contributed by atoms with Crippen molar-refractivity contribution in [1.82, 2.24) is 0 Å². The number of phenolic OH excluding ortho intramolecular Hbond substituents is 2. The molecule has 0 saturated carbocycles. The van der Waals surface area contributed by atoms with Gasteiger partial charge in [0.1, 0.15) is 11.5 Å². The van der Waals surface area contributed by atoms with Crippen molar-refractivity contribution >= 4 is 27.6 Å². The second-order valence-electron chi connectivity index (χ2n) is 4.93. The van der Waals surface area contributed by atoms with E-state index in [0.29, 0.717) is 11.5 Å². The van der Waals surface area contributed by atoms with Crippen LogP contribution in [0, 0.1) is 0 Å². The lowest BCUT2D eigenvalue weighted by Gasteiger charge is -2.11. The molecule has 0 atom stereocenters. The Morgan fingerprint density at radius 3 is 2.37 bits per heavy atom. The van der Waals surface area contributed by atoms with Crippen LogP contribution in [0.25, 0.3) is 27.6 Å². The molecule has 19 heavy (non-hydrogen) atoms. The smallest absolute Gasteiger partial charge is 0.124 e. The summed E-state index contributed by atoms with van der Waals surface area (Å²) in [4.78, 5) is 0. The molecule has 2 heteroatoms. The van der Waals surface area contributed by atoms with Gasteiger partial charge in [-0.05, 0) is 40.3 Å². The standard InChI is InChI=1S/C17H12O2/c18-16-9-15-11-6-3-7-13(11)17(19)8-14(15)10-4-1-2-5-12(10)16/h1-5,7-9,18-19H,6H2. The van der Waals surface area contributed by atoms with Crippen LogP contribution in [-0.2, 0) is 6.42 Å². The van der Waals surface area contributed by atoms with Gasteiger partial charge in [-0.15, -0.1) is 0 Å². The van der Waals surface area contributed by atoms with Crippen LogP contribution in [0.4, 0.5) is 0 Å². The van der Waals surface area contributed by atoms with Crippen LogP contribution in [0.15, 0.2) is 42.5 Å². The first kappa shape index (κ1) is 10.4. The van der Waals surface area contributed by atoms with Crippen molar-refractivity contribution in [2.24, 2.45) is 0 Å². The maximum absolute atomic E-state index is 10.2. The normalized spacial score (nSPS) is 13.3. The molecule has 2 N–H and O–H groups in total. The predicted molar refractivity (Wildman–Crippen MR) is 77.5 cm³/mol. The number of aromatic hydroxyl groups is 2. The Kier molecular flexibility index (Phi) is 1.93. The zero-order valence-electron chi connectivity index (χ0n) is 10.2. The molecule has 0 heterocycles. The molecule has 0 radical (unpaired) electrons. The van der Waals surface area contributed by atoms with Gasteiger partial charge in [0, 0.05) is 10.9 Å². The molecule has 2 nitrogen and oxygen atoms in total. The molecule has 0 saturated heterocycles. The van der Waals surface area contributed by atoms with E-state index in [2.05, 4.69) is 0 Å². The highest BCUT2D eigenvalue weighted by molar-refractivity contribution is 6.12. The topological polar surface area (TPSA) is 40.5 Å². The Hall–Kier alpha value is -2.48. The largest absolute Gasteiger partial charge is 0.507 e. The van der Waals surface area contributed by atoms with Crippen molar-refractivity contribution in [1.29, 1.82) is 0 Å². The van der Waals surface area contributed by atoms with Gasteiger partial charge in [-0.1, -0.05) is 36.4 Å². The van der Waals surface area contributed by atoms with E-state index in [0.717, 1.165) is 39.1 Å². The van der Waals surface area contributed by atoms with E-state index in [4.69, 9.17) is 0 Å². The summed E-state index contributed by atoms with van der Waals surface area (Å²) in [6, 6.07) is 11.3. The first-order chi connectivity index (χ1) is 9.25. The molecule has 0 aliphatic heterocycles. The molecule has 0 aromatic heterocycles. The number of benzene rings is 3. The molecule has 1 aliphatic carbocycles. The Labute approximate surface area is 110 Å². The minimum Gasteiger partial charge on any atom is -0.507 e. The highest BCUT2D eigenvalue weighted by Gasteiger charge is 2.16. The summed E-state index contributed by atoms with van der Waals surface area (Å²) in [5, 5.41) is 24.1. The number of hydrogen-bond acceptors (Lipinski definition) is 2. The summed E-state index contributed by atoms with van der Waals surface area (Å²) in [5.74, 6) is 0.606. The van der Waals surface area contributed by atoms with E-state index in [1.165, 1.54) is 0 Å². The molecule has 0 fully saturated rings. The zero-order chi connectivity index (χ0) is 13.0. The lowest BCUT2D eigenvalue weighted by Crippen LogP contribution is -1.88. The maximum atomic E-state index is 10.2. The van der Waals surface area contributed by atoms with Gasteiger partial charge in [-0.25, -0.2) is 0 Å². The van der Waals surface area contributed by atoms with E-state index in [1.54, 1.807) is 6.07 Å². The third kappa shape index (κ3) is 1.31. The third-order valence-electron chi connectivity index (χ3n) is 3.88. The molecular formula is C17H12O2. The van der Waals surface area contributed by atoms with Crippen molar-refractivity contribution in [3.63, 3.8) is 0 Å². The fourth-order valence-electron chi connectivity index (χ4n) is 3.00. The van der Waals surface area contributed by atoms with Crippen molar-refractivity contribution in [3.8, 4) is 11.5 Å². The Balaban J connectivity index is 2.28. The van der Waals surface area contributed by atoms with Gasteiger partial charge in [0.2, 0.25) is 0 Å². The van der Waals surface area contributed by atoms with E-state index >= 15 is 0 Å². The van der Waals surface area contributed by atoms with Gasteiger partial charge in [-0.3, -0.25) is 0 Å². The summed E-state index contributed by atoms with van der Waals surface area (Å²) in [6.45, 7) is 0. The quantitative estimate of drug-likeness (QED) is 0.591. The highest BCUT2D eigenvalue weighted by atomic mass is 16.3. The number of fused-ring (bicyclic) bond motifs is 5. The molecule has 0 bridgehead atoms. The van der Waals surface area contributed by atoms with Crippen molar-refractivity contribution in [2.45, 2.75) is 6.42 Å². The summed E-state index contributed by atoms with van der Waals surface area (Å²) in [5.41, 5.74) is 1.97. The number of hydrogen-bond donors (Lipinski definition) is 2. The van der Waals surface area contributed by atoms with Gasteiger partial charge in [-0.2, -0.15) is 0 Å². The number of phenols is 2. The minimum absolute atomic E-state index is 0.294. The van der Waals surface area contributed by atoms with Crippen LogP contribution in [0.2, 0.25) is 0 Å². The average molecular weight is 248 g/mol.